The summed E-state index contributed by atoms with van der Waals surface area (Å²) in [6, 6.07) is 14.6. The average Bonchev–Trinajstić information content (AvgIpc) is 3.29. The lowest BCUT2D eigenvalue weighted by Crippen LogP contribution is -2.09. The van der Waals surface area contributed by atoms with Gasteiger partial charge in [0.05, 0.1) is 25.5 Å². The fraction of sp³-hybridized carbons (Fsp3) is 0.172. The molecule has 184 valence electrons. The molecular formula is C29H26FNO5. The highest BCUT2D eigenvalue weighted by atomic mass is 19.1. The monoisotopic (exact) mass is 487 g/mol. The van der Waals surface area contributed by atoms with Gasteiger partial charge in [-0.05, 0) is 74.4 Å². The molecule has 0 unspecified atom stereocenters. The quantitative estimate of drug-likeness (QED) is 0.230. The number of carbonyl (C=O) groups excluding carboxylic acids is 2. The summed E-state index contributed by atoms with van der Waals surface area (Å²) in [6.07, 6.45) is 3.12. The van der Waals surface area contributed by atoms with E-state index in [1.165, 1.54) is 18.2 Å². The molecule has 0 aliphatic rings. The maximum atomic E-state index is 13.4. The molecule has 4 rings (SSSR count). The van der Waals surface area contributed by atoms with Crippen molar-refractivity contribution in [2.24, 2.45) is 0 Å². The van der Waals surface area contributed by atoms with Crippen LogP contribution in [0, 0.1) is 12.7 Å². The molecule has 4 aromatic rings. The first kappa shape index (κ1) is 24.7. The van der Waals surface area contributed by atoms with Crippen molar-refractivity contribution >= 4 is 34.1 Å². The van der Waals surface area contributed by atoms with Crippen molar-refractivity contribution in [3.8, 4) is 16.9 Å². The van der Waals surface area contributed by atoms with E-state index in [1.807, 2.05) is 19.9 Å². The van der Waals surface area contributed by atoms with Crippen molar-refractivity contribution in [2.75, 3.05) is 19.0 Å². The van der Waals surface area contributed by atoms with Gasteiger partial charge in [-0.2, -0.15) is 0 Å². The third kappa shape index (κ3) is 5.00. The second kappa shape index (κ2) is 10.5. The number of hydrogen-bond acceptors (Lipinski definition) is 5. The molecular weight excluding hydrogens is 461 g/mol. The zero-order valence-corrected chi connectivity index (χ0v) is 20.5. The third-order valence-electron chi connectivity index (χ3n) is 5.84. The number of aryl methyl sites for hydroxylation is 1. The van der Waals surface area contributed by atoms with Gasteiger partial charge in [-0.1, -0.05) is 12.1 Å². The van der Waals surface area contributed by atoms with Crippen LogP contribution in [0.3, 0.4) is 0 Å². The van der Waals surface area contributed by atoms with Gasteiger partial charge in [-0.15, -0.1) is 0 Å². The number of halogens is 1. The Morgan fingerprint density at radius 1 is 1.08 bits per heavy atom. The van der Waals surface area contributed by atoms with Crippen molar-refractivity contribution in [1.29, 1.82) is 0 Å². The highest BCUT2D eigenvalue weighted by Gasteiger charge is 2.19. The molecule has 1 amide bonds. The summed E-state index contributed by atoms with van der Waals surface area (Å²) in [5.41, 5.74) is 5.46. The lowest BCUT2D eigenvalue weighted by Gasteiger charge is -2.13. The molecule has 0 radical (unpaired) electrons. The first-order valence-electron chi connectivity index (χ1n) is 11.4. The molecule has 0 aliphatic heterocycles. The molecule has 36 heavy (non-hydrogen) atoms. The number of methoxy groups -OCH3 is 1. The summed E-state index contributed by atoms with van der Waals surface area (Å²) in [4.78, 5) is 24.6. The summed E-state index contributed by atoms with van der Waals surface area (Å²) in [5, 5.41) is 3.64. The Bertz CT molecular complexity index is 1450. The Labute approximate surface area is 208 Å². The number of anilines is 1. The molecule has 1 heterocycles. The molecule has 0 saturated carbocycles. The van der Waals surface area contributed by atoms with Gasteiger partial charge in [0.2, 0.25) is 5.91 Å². The molecule has 6 nitrogen and oxygen atoms in total. The highest BCUT2D eigenvalue weighted by molar-refractivity contribution is 6.06. The zero-order chi connectivity index (χ0) is 25.8. The minimum absolute atomic E-state index is 0.292. The SMILES string of the molecule is CCOC(=O)c1ccc(NC(=O)/C=C(\C)c2cc3c(-c4ccc(F)cc4)coc3c(C)c2OC)cc1. The number of amides is 1. The van der Waals surface area contributed by atoms with Crippen molar-refractivity contribution < 1.29 is 27.9 Å². The number of esters is 1. The Balaban J connectivity index is 1.65. The highest BCUT2D eigenvalue weighted by Crippen LogP contribution is 2.40. The molecule has 0 spiro atoms. The normalized spacial score (nSPS) is 11.4. The second-order valence-electron chi connectivity index (χ2n) is 8.23. The van der Waals surface area contributed by atoms with Crippen LogP contribution < -0.4 is 10.1 Å². The number of hydrogen-bond donors (Lipinski definition) is 1. The fourth-order valence-electron chi connectivity index (χ4n) is 4.08. The van der Waals surface area contributed by atoms with E-state index in [9.17, 15) is 14.0 Å². The number of furan rings is 1. The van der Waals surface area contributed by atoms with Crippen LogP contribution in [0.4, 0.5) is 10.1 Å². The smallest absolute Gasteiger partial charge is 0.338 e. The number of rotatable bonds is 7. The first-order chi connectivity index (χ1) is 17.3. The Morgan fingerprint density at radius 2 is 1.78 bits per heavy atom. The van der Waals surface area contributed by atoms with Crippen LogP contribution in [-0.2, 0) is 9.53 Å². The van der Waals surface area contributed by atoms with E-state index in [2.05, 4.69) is 5.32 Å². The number of fused-ring (bicyclic) bond motifs is 1. The summed E-state index contributed by atoms with van der Waals surface area (Å²) < 4.78 is 29.9. The summed E-state index contributed by atoms with van der Waals surface area (Å²) in [5.74, 6) is -0.460. The largest absolute Gasteiger partial charge is 0.496 e. The van der Waals surface area contributed by atoms with E-state index in [0.717, 1.165) is 27.6 Å². The van der Waals surface area contributed by atoms with Crippen LogP contribution >= 0.6 is 0 Å². The van der Waals surface area contributed by atoms with Crippen molar-refractivity contribution in [3.63, 3.8) is 0 Å². The number of nitrogens with one attached hydrogen (secondary N) is 1. The molecule has 0 atom stereocenters. The topological polar surface area (TPSA) is 77.8 Å². The van der Waals surface area contributed by atoms with Gasteiger partial charge >= 0.3 is 5.97 Å². The second-order valence-corrected chi connectivity index (χ2v) is 8.23. The van der Waals surface area contributed by atoms with Crippen molar-refractivity contribution in [2.45, 2.75) is 20.8 Å². The van der Waals surface area contributed by atoms with Crippen LogP contribution in [0.1, 0.15) is 35.3 Å². The summed E-state index contributed by atoms with van der Waals surface area (Å²) >= 11 is 0. The molecule has 0 fully saturated rings. The van der Waals surface area contributed by atoms with E-state index in [4.69, 9.17) is 13.9 Å². The van der Waals surface area contributed by atoms with Crippen molar-refractivity contribution in [1.82, 2.24) is 0 Å². The molecule has 0 aliphatic carbocycles. The molecule has 0 saturated heterocycles. The summed E-state index contributed by atoms with van der Waals surface area (Å²) in [7, 11) is 1.57. The van der Waals surface area contributed by atoms with Gasteiger partial charge < -0.3 is 19.2 Å². The van der Waals surface area contributed by atoms with Gasteiger partial charge in [0, 0.05) is 33.8 Å². The molecule has 7 heteroatoms. The Kier molecular flexibility index (Phi) is 7.20. The van der Waals surface area contributed by atoms with Gasteiger partial charge in [0.15, 0.2) is 0 Å². The van der Waals surface area contributed by atoms with Crippen LogP contribution in [0.25, 0.3) is 27.7 Å². The number of allylic oxidation sites excluding steroid dienone is 1. The van der Waals surface area contributed by atoms with Gasteiger partial charge in [0.25, 0.3) is 0 Å². The lowest BCUT2D eigenvalue weighted by atomic mass is 9.96. The maximum Gasteiger partial charge on any atom is 0.338 e. The molecule has 3 aromatic carbocycles. The van der Waals surface area contributed by atoms with E-state index in [0.29, 0.717) is 34.8 Å². The summed E-state index contributed by atoms with van der Waals surface area (Å²) in [6.45, 7) is 5.75. The Morgan fingerprint density at radius 3 is 2.42 bits per heavy atom. The number of carbonyl (C=O) groups is 2. The third-order valence-corrected chi connectivity index (χ3v) is 5.84. The Hall–Kier alpha value is -4.39. The van der Waals surface area contributed by atoms with E-state index < -0.39 is 5.97 Å². The van der Waals surface area contributed by atoms with E-state index in [-0.39, 0.29) is 11.7 Å². The molecule has 1 N–H and O–H groups in total. The van der Waals surface area contributed by atoms with Crippen LogP contribution in [-0.4, -0.2) is 25.6 Å². The van der Waals surface area contributed by atoms with Crippen molar-refractivity contribution in [3.05, 3.63) is 89.4 Å². The van der Waals surface area contributed by atoms with Gasteiger partial charge in [0.1, 0.15) is 17.1 Å². The van der Waals surface area contributed by atoms with E-state index >= 15 is 0 Å². The average molecular weight is 488 g/mol. The minimum atomic E-state index is -0.414. The van der Waals surface area contributed by atoms with E-state index in [1.54, 1.807) is 56.7 Å². The predicted octanol–water partition coefficient (Wildman–Crippen LogP) is 6.77. The predicted molar refractivity (Wildman–Crippen MR) is 138 cm³/mol. The van der Waals surface area contributed by atoms with Crippen LogP contribution in [0.2, 0.25) is 0 Å². The molecule has 0 bridgehead atoms. The maximum absolute atomic E-state index is 13.4. The van der Waals surface area contributed by atoms with Crippen LogP contribution in [0.5, 0.6) is 5.75 Å². The minimum Gasteiger partial charge on any atom is -0.496 e. The zero-order valence-electron chi connectivity index (χ0n) is 20.5. The fourth-order valence-corrected chi connectivity index (χ4v) is 4.08. The van der Waals surface area contributed by atoms with Crippen LogP contribution in [0.15, 0.2) is 71.4 Å². The standard InChI is InChI=1S/C29H26FNO5/c1-5-35-29(33)20-8-12-22(13-9-20)31-26(32)14-17(2)23-15-24-25(19-6-10-21(30)11-7-19)16-36-28(24)18(3)27(23)34-4/h6-16H,5H2,1-4H3,(H,31,32)/b17-14+. The molecule has 1 aromatic heterocycles. The lowest BCUT2D eigenvalue weighted by molar-refractivity contribution is -0.111. The number of benzene rings is 3. The first-order valence-corrected chi connectivity index (χ1v) is 11.4. The van der Waals surface area contributed by atoms with Gasteiger partial charge in [-0.3, -0.25) is 4.79 Å². The van der Waals surface area contributed by atoms with Gasteiger partial charge in [-0.25, -0.2) is 9.18 Å². The number of ether oxygens (including phenoxy) is 2.